The largest absolute Gasteiger partial charge is 0.323 e. The second-order valence-corrected chi connectivity index (χ2v) is 6.98. The molecule has 1 aliphatic rings. The topological polar surface area (TPSA) is 26.0 Å². The molecule has 20 heavy (non-hydrogen) atoms. The number of nitrogens with two attached hydrogens (primary N) is 1. The van der Waals surface area contributed by atoms with Gasteiger partial charge in [-0.1, -0.05) is 49.6 Å². The van der Waals surface area contributed by atoms with Gasteiger partial charge in [0.15, 0.2) is 0 Å². The lowest BCUT2D eigenvalue weighted by atomic mass is 9.64. The standard InChI is InChI=1S/C18H23NS/c1-14-10-13-20-16(14)17(19)18(11-6-3-7-12-18)15-8-4-2-5-9-15/h2,4-5,8-10,13,17H,3,6-7,11-12,19H2,1H3. The fourth-order valence-corrected chi connectivity index (χ4v) is 4.73. The van der Waals surface area contributed by atoms with Crippen LogP contribution in [0.1, 0.15) is 54.1 Å². The minimum atomic E-state index is 0.130. The van der Waals surface area contributed by atoms with Gasteiger partial charge in [0, 0.05) is 16.3 Å². The average molecular weight is 285 g/mol. The Morgan fingerprint density at radius 1 is 1.05 bits per heavy atom. The number of rotatable bonds is 3. The van der Waals surface area contributed by atoms with Crippen molar-refractivity contribution in [3.8, 4) is 0 Å². The van der Waals surface area contributed by atoms with Crippen molar-refractivity contribution in [1.82, 2.24) is 0 Å². The van der Waals surface area contributed by atoms with Gasteiger partial charge in [0.25, 0.3) is 0 Å². The zero-order chi connectivity index (χ0) is 14.0. The van der Waals surface area contributed by atoms with Crippen molar-refractivity contribution in [3.05, 3.63) is 57.8 Å². The molecule has 1 aromatic heterocycles. The zero-order valence-electron chi connectivity index (χ0n) is 12.1. The molecule has 1 nitrogen and oxygen atoms in total. The van der Waals surface area contributed by atoms with Gasteiger partial charge >= 0.3 is 0 Å². The third-order valence-electron chi connectivity index (χ3n) is 4.87. The Balaban J connectivity index is 2.04. The van der Waals surface area contributed by atoms with Gasteiger partial charge in [-0.3, -0.25) is 0 Å². The molecule has 2 aromatic rings. The molecule has 0 bridgehead atoms. The van der Waals surface area contributed by atoms with Gasteiger partial charge in [0.05, 0.1) is 0 Å². The summed E-state index contributed by atoms with van der Waals surface area (Å²) in [6.45, 7) is 2.19. The van der Waals surface area contributed by atoms with Gasteiger partial charge in [-0.15, -0.1) is 11.3 Å². The van der Waals surface area contributed by atoms with Crippen molar-refractivity contribution in [3.63, 3.8) is 0 Å². The molecule has 1 fully saturated rings. The van der Waals surface area contributed by atoms with Gasteiger partial charge in [0.2, 0.25) is 0 Å². The summed E-state index contributed by atoms with van der Waals surface area (Å²) in [7, 11) is 0. The first kappa shape index (κ1) is 13.8. The van der Waals surface area contributed by atoms with E-state index in [9.17, 15) is 0 Å². The van der Waals surface area contributed by atoms with Crippen LogP contribution >= 0.6 is 11.3 Å². The lowest BCUT2D eigenvalue weighted by Gasteiger charge is -2.42. The molecule has 1 aliphatic carbocycles. The van der Waals surface area contributed by atoms with Gasteiger partial charge in [-0.25, -0.2) is 0 Å². The average Bonchev–Trinajstić information content (AvgIpc) is 2.94. The maximum atomic E-state index is 6.79. The fourth-order valence-electron chi connectivity index (χ4n) is 3.69. The van der Waals surface area contributed by atoms with E-state index in [0.717, 1.165) is 0 Å². The third-order valence-corrected chi connectivity index (χ3v) is 5.98. The number of thiophene rings is 1. The molecule has 1 saturated carbocycles. The minimum Gasteiger partial charge on any atom is -0.323 e. The summed E-state index contributed by atoms with van der Waals surface area (Å²) in [5.74, 6) is 0. The van der Waals surface area contributed by atoms with Crippen LogP contribution in [-0.2, 0) is 5.41 Å². The molecular formula is C18H23NS. The summed E-state index contributed by atoms with van der Waals surface area (Å²) in [6.07, 6.45) is 6.38. The summed E-state index contributed by atoms with van der Waals surface area (Å²) < 4.78 is 0. The molecule has 3 rings (SSSR count). The quantitative estimate of drug-likeness (QED) is 0.847. The predicted octanol–water partition coefficient (Wildman–Crippen LogP) is 4.96. The molecule has 1 atom stereocenters. The van der Waals surface area contributed by atoms with Gasteiger partial charge in [-0.2, -0.15) is 0 Å². The van der Waals surface area contributed by atoms with E-state index in [4.69, 9.17) is 5.73 Å². The monoisotopic (exact) mass is 285 g/mol. The summed E-state index contributed by atoms with van der Waals surface area (Å²) in [5, 5.41) is 2.17. The van der Waals surface area contributed by atoms with Crippen LogP contribution in [0.5, 0.6) is 0 Å². The van der Waals surface area contributed by atoms with Crippen LogP contribution in [-0.4, -0.2) is 0 Å². The van der Waals surface area contributed by atoms with Crippen LogP contribution in [0.3, 0.4) is 0 Å². The molecule has 0 spiro atoms. The van der Waals surface area contributed by atoms with Crippen LogP contribution < -0.4 is 5.73 Å². The van der Waals surface area contributed by atoms with E-state index in [2.05, 4.69) is 48.7 Å². The Bertz CT molecular complexity index is 552. The van der Waals surface area contributed by atoms with Crippen molar-refractivity contribution in [2.45, 2.75) is 50.5 Å². The fraction of sp³-hybridized carbons (Fsp3) is 0.444. The Kier molecular flexibility index (Phi) is 3.95. The number of benzene rings is 1. The van der Waals surface area contributed by atoms with E-state index < -0.39 is 0 Å². The molecule has 0 radical (unpaired) electrons. The first-order valence-corrected chi connectivity index (χ1v) is 8.47. The SMILES string of the molecule is Cc1ccsc1C(N)C1(c2ccccc2)CCCCC1. The predicted molar refractivity (Wildman–Crippen MR) is 87.2 cm³/mol. The van der Waals surface area contributed by atoms with Crippen molar-refractivity contribution < 1.29 is 0 Å². The summed E-state index contributed by atoms with van der Waals surface area (Å²) in [6, 6.07) is 13.3. The van der Waals surface area contributed by atoms with E-state index in [1.807, 2.05) is 11.3 Å². The van der Waals surface area contributed by atoms with Crippen LogP contribution in [0.25, 0.3) is 0 Å². The first-order valence-electron chi connectivity index (χ1n) is 7.59. The number of hydrogen-bond donors (Lipinski definition) is 1. The molecule has 1 aromatic carbocycles. The summed E-state index contributed by atoms with van der Waals surface area (Å²) in [4.78, 5) is 1.37. The molecular weight excluding hydrogens is 262 g/mol. The molecule has 0 saturated heterocycles. The lowest BCUT2D eigenvalue weighted by molar-refractivity contribution is 0.246. The molecule has 106 valence electrons. The van der Waals surface area contributed by atoms with E-state index in [0.29, 0.717) is 0 Å². The van der Waals surface area contributed by atoms with Crippen molar-refractivity contribution in [2.24, 2.45) is 5.73 Å². The van der Waals surface area contributed by atoms with Crippen molar-refractivity contribution in [1.29, 1.82) is 0 Å². The number of hydrogen-bond acceptors (Lipinski definition) is 2. The van der Waals surface area contributed by atoms with E-state index >= 15 is 0 Å². The third kappa shape index (κ3) is 2.32. The maximum Gasteiger partial charge on any atom is 0.0490 e. The first-order chi connectivity index (χ1) is 9.74. The molecule has 1 heterocycles. The molecule has 2 heteroatoms. The molecule has 2 N–H and O–H groups in total. The minimum absolute atomic E-state index is 0.130. The van der Waals surface area contributed by atoms with Gasteiger partial charge < -0.3 is 5.73 Å². The van der Waals surface area contributed by atoms with E-state index in [1.165, 1.54) is 48.1 Å². The zero-order valence-corrected chi connectivity index (χ0v) is 13.0. The Hall–Kier alpha value is -1.12. The highest BCUT2D eigenvalue weighted by Gasteiger charge is 2.41. The Morgan fingerprint density at radius 2 is 1.75 bits per heavy atom. The molecule has 0 amide bonds. The second-order valence-electron chi connectivity index (χ2n) is 6.03. The lowest BCUT2D eigenvalue weighted by Crippen LogP contribution is -2.40. The maximum absolute atomic E-state index is 6.79. The van der Waals surface area contributed by atoms with Crippen LogP contribution in [0, 0.1) is 6.92 Å². The summed E-state index contributed by atoms with van der Waals surface area (Å²) in [5.41, 5.74) is 9.71. The second kappa shape index (κ2) is 5.71. The smallest absolute Gasteiger partial charge is 0.0490 e. The van der Waals surface area contributed by atoms with Crippen LogP contribution in [0.4, 0.5) is 0 Å². The highest BCUT2D eigenvalue weighted by Crippen LogP contribution is 2.48. The van der Waals surface area contributed by atoms with Gasteiger partial charge in [-0.05, 0) is 42.3 Å². The van der Waals surface area contributed by atoms with Crippen LogP contribution in [0.2, 0.25) is 0 Å². The Morgan fingerprint density at radius 3 is 2.35 bits per heavy atom. The summed E-state index contributed by atoms with van der Waals surface area (Å²) >= 11 is 1.82. The van der Waals surface area contributed by atoms with Crippen molar-refractivity contribution in [2.75, 3.05) is 0 Å². The van der Waals surface area contributed by atoms with Gasteiger partial charge in [0.1, 0.15) is 0 Å². The highest BCUT2D eigenvalue weighted by atomic mass is 32.1. The van der Waals surface area contributed by atoms with Crippen LogP contribution in [0.15, 0.2) is 41.8 Å². The Labute approximate surface area is 125 Å². The highest BCUT2D eigenvalue weighted by molar-refractivity contribution is 7.10. The normalized spacial score (nSPS) is 19.7. The number of aryl methyl sites for hydroxylation is 1. The van der Waals surface area contributed by atoms with E-state index in [1.54, 1.807) is 0 Å². The molecule has 0 aliphatic heterocycles. The van der Waals surface area contributed by atoms with E-state index in [-0.39, 0.29) is 11.5 Å². The molecule has 1 unspecified atom stereocenters. The van der Waals surface area contributed by atoms with Crippen molar-refractivity contribution >= 4 is 11.3 Å².